The highest BCUT2D eigenvalue weighted by molar-refractivity contribution is 6.12. The minimum atomic E-state index is -0.734. The van der Waals surface area contributed by atoms with E-state index in [-0.39, 0.29) is 5.54 Å². The molecule has 0 heterocycles. The van der Waals surface area contributed by atoms with E-state index in [1.54, 1.807) is 12.1 Å². The molecule has 0 aromatic heterocycles. The Bertz CT molecular complexity index is 273. The van der Waals surface area contributed by atoms with Gasteiger partial charge >= 0.3 is 0 Å². The molecule has 0 bridgehead atoms. The summed E-state index contributed by atoms with van der Waals surface area (Å²) in [6.45, 7) is 1.99. The standard InChI is InChI=1S/C9H12F2Si/c1-2-8(12)6-4-3-5-7(10)9(6)11/h3-5,8H,2H2,1,12H3. The van der Waals surface area contributed by atoms with Crippen LogP contribution in [-0.4, -0.2) is 10.2 Å². The lowest BCUT2D eigenvalue weighted by Crippen LogP contribution is -2.01. The van der Waals surface area contributed by atoms with Crippen LogP contribution in [0.15, 0.2) is 18.2 Å². The van der Waals surface area contributed by atoms with Crippen LogP contribution in [0.1, 0.15) is 24.4 Å². The van der Waals surface area contributed by atoms with E-state index in [4.69, 9.17) is 0 Å². The minimum absolute atomic E-state index is 0.223. The first-order valence-corrected chi connectivity index (χ1v) is 5.26. The normalized spacial score (nSPS) is 13.2. The molecule has 0 aliphatic rings. The van der Waals surface area contributed by atoms with Gasteiger partial charge in [0.05, 0.1) is 0 Å². The van der Waals surface area contributed by atoms with Gasteiger partial charge in [0.25, 0.3) is 0 Å². The number of hydrogen-bond acceptors (Lipinski definition) is 0. The third-order valence-corrected chi connectivity index (χ3v) is 3.56. The van der Waals surface area contributed by atoms with Crippen molar-refractivity contribution in [3.63, 3.8) is 0 Å². The lowest BCUT2D eigenvalue weighted by Gasteiger charge is -2.09. The van der Waals surface area contributed by atoms with Gasteiger partial charge in [0.1, 0.15) is 0 Å². The van der Waals surface area contributed by atoms with Gasteiger partial charge in [0.2, 0.25) is 0 Å². The fraction of sp³-hybridized carbons (Fsp3) is 0.333. The van der Waals surface area contributed by atoms with E-state index in [0.29, 0.717) is 5.56 Å². The first-order valence-electron chi connectivity index (χ1n) is 4.10. The zero-order chi connectivity index (χ0) is 9.14. The van der Waals surface area contributed by atoms with Crippen LogP contribution in [0.5, 0.6) is 0 Å². The van der Waals surface area contributed by atoms with E-state index in [1.807, 2.05) is 6.92 Å². The van der Waals surface area contributed by atoms with E-state index in [1.165, 1.54) is 0 Å². The quantitative estimate of drug-likeness (QED) is 0.618. The van der Waals surface area contributed by atoms with Crippen LogP contribution in [0, 0.1) is 11.6 Å². The molecule has 0 nitrogen and oxygen atoms in total. The van der Waals surface area contributed by atoms with E-state index >= 15 is 0 Å². The maximum atomic E-state index is 13.1. The molecule has 0 radical (unpaired) electrons. The van der Waals surface area contributed by atoms with Crippen LogP contribution >= 0.6 is 0 Å². The summed E-state index contributed by atoms with van der Waals surface area (Å²) in [6, 6.07) is 4.39. The molecular weight excluding hydrogens is 174 g/mol. The number of rotatable bonds is 2. The van der Waals surface area contributed by atoms with Crippen molar-refractivity contribution < 1.29 is 8.78 Å². The van der Waals surface area contributed by atoms with Crippen molar-refractivity contribution in [2.75, 3.05) is 0 Å². The van der Waals surface area contributed by atoms with Gasteiger partial charge in [0, 0.05) is 10.2 Å². The fourth-order valence-corrected chi connectivity index (χ4v) is 1.57. The van der Waals surface area contributed by atoms with Crippen LogP contribution < -0.4 is 0 Å². The van der Waals surface area contributed by atoms with Gasteiger partial charge in [-0.05, 0) is 17.2 Å². The highest BCUT2D eigenvalue weighted by atomic mass is 28.1. The Labute approximate surface area is 74.0 Å². The summed E-state index contributed by atoms with van der Waals surface area (Å²) in [5, 5.41) is 0. The summed E-state index contributed by atoms with van der Waals surface area (Å²) in [4.78, 5) is 0. The Morgan fingerprint density at radius 1 is 1.42 bits per heavy atom. The highest BCUT2D eigenvalue weighted by Crippen LogP contribution is 2.20. The Morgan fingerprint density at radius 2 is 2.08 bits per heavy atom. The van der Waals surface area contributed by atoms with Crippen LogP contribution in [0.25, 0.3) is 0 Å². The minimum Gasteiger partial charge on any atom is -0.204 e. The van der Waals surface area contributed by atoms with Crippen molar-refractivity contribution in [2.45, 2.75) is 18.9 Å². The molecule has 1 aromatic rings. The molecule has 1 rings (SSSR count). The zero-order valence-corrected chi connectivity index (χ0v) is 9.27. The van der Waals surface area contributed by atoms with Gasteiger partial charge in [-0.3, -0.25) is 0 Å². The molecule has 12 heavy (non-hydrogen) atoms. The maximum absolute atomic E-state index is 13.1. The fourth-order valence-electron chi connectivity index (χ4n) is 1.12. The molecule has 0 saturated heterocycles. The van der Waals surface area contributed by atoms with E-state index in [0.717, 1.165) is 22.7 Å². The average Bonchev–Trinajstić information content (AvgIpc) is 2.08. The Morgan fingerprint density at radius 3 is 2.67 bits per heavy atom. The smallest absolute Gasteiger partial charge is 0.161 e. The molecule has 1 atom stereocenters. The summed E-state index contributed by atoms with van der Waals surface area (Å²) < 4.78 is 25.8. The van der Waals surface area contributed by atoms with Gasteiger partial charge in [-0.25, -0.2) is 8.78 Å². The second-order valence-corrected chi connectivity index (χ2v) is 4.35. The van der Waals surface area contributed by atoms with Crippen molar-refractivity contribution in [2.24, 2.45) is 0 Å². The molecule has 66 valence electrons. The Kier molecular flexibility index (Phi) is 2.97. The molecule has 3 heteroatoms. The first-order chi connectivity index (χ1) is 5.66. The molecule has 0 saturated carbocycles. The van der Waals surface area contributed by atoms with E-state index in [2.05, 4.69) is 0 Å². The van der Waals surface area contributed by atoms with Crippen molar-refractivity contribution in [3.05, 3.63) is 35.4 Å². The Hall–Kier alpha value is -0.703. The van der Waals surface area contributed by atoms with E-state index in [9.17, 15) is 8.78 Å². The second-order valence-electron chi connectivity index (χ2n) is 2.95. The lowest BCUT2D eigenvalue weighted by molar-refractivity contribution is 0.496. The van der Waals surface area contributed by atoms with Crippen molar-refractivity contribution >= 4 is 10.2 Å². The third-order valence-electron chi connectivity index (χ3n) is 2.12. The SMILES string of the molecule is CCC([SiH3])c1cccc(F)c1F. The largest absolute Gasteiger partial charge is 0.204 e. The highest BCUT2D eigenvalue weighted by Gasteiger charge is 2.11. The maximum Gasteiger partial charge on any atom is 0.161 e. The third kappa shape index (κ3) is 1.72. The summed E-state index contributed by atoms with van der Waals surface area (Å²) in [5.74, 6) is -1.40. The predicted octanol–water partition coefficient (Wildman–Crippen LogP) is 1.78. The molecule has 1 unspecified atom stereocenters. The molecule has 0 aliphatic carbocycles. The monoisotopic (exact) mass is 186 g/mol. The molecular formula is C9H12F2Si. The van der Waals surface area contributed by atoms with Gasteiger partial charge in [-0.15, -0.1) is 0 Å². The molecule has 0 spiro atoms. The molecule has 1 aromatic carbocycles. The van der Waals surface area contributed by atoms with Crippen LogP contribution in [0.2, 0.25) is 0 Å². The zero-order valence-electron chi connectivity index (χ0n) is 7.27. The molecule has 0 aliphatic heterocycles. The number of halogens is 2. The van der Waals surface area contributed by atoms with Crippen molar-refractivity contribution in [1.82, 2.24) is 0 Å². The van der Waals surface area contributed by atoms with E-state index < -0.39 is 11.6 Å². The van der Waals surface area contributed by atoms with Crippen LogP contribution in [0.4, 0.5) is 8.78 Å². The van der Waals surface area contributed by atoms with Crippen LogP contribution in [0.3, 0.4) is 0 Å². The number of hydrogen-bond donors (Lipinski definition) is 0. The van der Waals surface area contributed by atoms with Gasteiger partial charge in [0.15, 0.2) is 11.6 Å². The predicted molar refractivity (Wildman–Crippen MR) is 49.3 cm³/mol. The van der Waals surface area contributed by atoms with Gasteiger partial charge in [-0.1, -0.05) is 25.5 Å². The molecule has 0 N–H and O–H groups in total. The van der Waals surface area contributed by atoms with Crippen molar-refractivity contribution in [1.29, 1.82) is 0 Å². The summed E-state index contributed by atoms with van der Waals surface area (Å²) >= 11 is 0. The lowest BCUT2D eigenvalue weighted by atomic mass is 10.1. The summed E-state index contributed by atoms with van der Waals surface area (Å²) in [7, 11) is 0.867. The second kappa shape index (κ2) is 3.80. The van der Waals surface area contributed by atoms with Gasteiger partial charge in [-0.2, -0.15) is 0 Å². The Balaban J connectivity index is 3.07. The topological polar surface area (TPSA) is 0 Å². The summed E-state index contributed by atoms with van der Waals surface area (Å²) in [5.41, 5.74) is 0.755. The summed E-state index contributed by atoms with van der Waals surface area (Å²) in [6.07, 6.45) is 0.882. The van der Waals surface area contributed by atoms with Crippen molar-refractivity contribution in [3.8, 4) is 0 Å². The first kappa shape index (κ1) is 9.39. The molecule has 0 fully saturated rings. The average molecular weight is 186 g/mol. The number of benzene rings is 1. The van der Waals surface area contributed by atoms with Gasteiger partial charge < -0.3 is 0 Å². The van der Waals surface area contributed by atoms with Crippen LogP contribution in [-0.2, 0) is 0 Å². The molecule has 0 amide bonds.